The van der Waals surface area contributed by atoms with Gasteiger partial charge in [-0.1, -0.05) is 19.1 Å². The van der Waals surface area contributed by atoms with Crippen LogP contribution in [0.2, 0.25) is 0 Å². The van der Waals surface area contributed by atoms with Gasteiger partial charge in [0, 0.05) is 0 Å². The number of carbonyl (C=O) groups is 1. The lowest BCUT2D eigenvalue weighted by Crippen LogP contribution is -3.14. The van der Waals surface area contributed by atoms with E-state index in [0.29, 0.717) is 13.0 Å². The Morgan fingerprint density at radius 1 is 1.41 bits per heavy atom. The summed E-state index contributed by atoms with van der Waals surface area (Å²) in [6.45, 7) is 6.79. The van der Waals surface area contributed by atoms with Crippen molar-refractivity contribution in [3.63, 3.8) is 0 Å². The van der Waals surface area contributed by atoms with Crippen LogP contribution >= 0.6 is 0 Å². The molecule has 1 aromatic carbocycles. The van der Waals surface area contributed by atoms with E-state index in [1.807, 2.05) is 6.92 Å². The molecule has 122 valence electrons. The molecule has 1 saturated heterocycles. The average Bonchev–Trinajstić information content (AvgIpc) is 2.55. The number of benzene rings is 1. The van der Waals surface area contributed by atoms with Crippen molar-refractivity contribution in [3.05, 3.63) is 30.1 Å². The molecule has 2 rings (SSSR count). The van der Waals surface area contributed by atoms with Gasteiger partial charge < -0.3 is 19.7 Å². The Labute approximate surface area is 130 Å². The molecule has 0 aromatic heterocycles. The maximum Gasteiger partial charge on any atom is 0.261 e. The van der Waals surface area contributed by atoms with Crippen molar-refractivity contribution in [3.8, 4) is 5.75 Å². The number of halogens is 1. The number of hydrogen-bond acceptors (Lipinski definition) is 3. The van der Waals surface area contributed by atoms with Crippen LogP contribution in [0.3, 0.4) is 0 Å². The van der Waals surface area contributed by atoms with Gasteiger partial charge in [0.2, 0.25) is 0 Å². The van der Waals surface area contributed by atoms with E-state index in [-0.39, 0.29) is 11.7 Å². The van der Waals surface area contributed by atoms with Gasteiger partial charge in [-0.15, -0.1) is 0 Å². The Morgan fingerprint density at radius 2 is 2.14 bits per heavy atom. The van der Waals surface area contributed by atoms with Gasteiger partial charge in [-0.25, -0.2) is 4.39 Å². The van der Waals surface area contributed by atoms with E-state index >= 15 is 0 Å². The minimum atomic E-state index is -0.670. The average molecular weight is 311 g/mol. The summed E-state index contributed by atoms with van der Waals surface area (Å²) in [6, 6.07) is 6.13. The second-order valence-corrected chi connectivity index (χ2v) is 5.35. The number of ether oxygens (including phenoxy) is 2. The molecule has 22 heavy (non-hydrogen) atoms. The Kier molecular flexibility index (Phi) is 6.61. The van der Waals surface area contributed by atoms with E-state index in [2.05, 4.69) is 5.32 Å². The van der Waals surface area contributed by atoms with Gasteiger partial charge >= 0.3 is 0 Å². The second-order valence-electron chi connectivity index (χ2n) is 5.35. The maximum atomic E-state index is 13.6. The van der Waals surface area contributed by atoms with Gasteiger partial charge in [0.1, 0.15) is 13.1 Å². The van der Waals surface area contributed by atoms with Crippen LogP contribution in [-0.4, -0.2) is 51.4 Å². The van der Waals surface area contributed by atoms with Crippen LogP contribution in [0.5, 0.6) is 5.75 Å². The van der Waals surface area contributed by atoms with Crippen molar-refractivity contribution in [2.45, 2.75) is 19.4 Å². The zero-order chi connectivity index (χ0) is 15.8. The van der Waals surface area contributed by atoms with Crippen molar-refractivity contribution in [2.24, 2.45) is 0 Å². The van der Waals surface area contributed by atoms with Crippen LogP contribution in [0.25, 0.3) is 0 Å². The van der Waals surface area contributed by atoms with Crippen LogP contribution in [0.1, 0.15) is 13.3 Å². The first kappa shape index (κ1) is 16.7. The molecule has 1 heterocycles. The highest BCUT2D eigenvalue weighted by atomic mass is 19.1. The van der Waals surface area contributed by atoms with Crippen molar-refractivity contribution in [1.29, 1.82) is 0 Å². The van der Waals surface area contributed by atoms with Gasteiger partial charge in [-0.2, -0.15) is 0 Å². The second kappa shape index (κ2) is 8.70. The molecule has 0 aliphatic carbocycles. The summed E-state index contributed by atoms with van der Waals surface area (Å²) >= 11 is 0. The molecule has 1 aliphatic rings. The molecule has 1 aliphatic heterocycles. The molecular weight excluding hydrogens is 287 g/mol. The summed E-state index contributed by atoms with van der Waals surface area (Å²) in [5, 5.41) is 2.87. The Balaban J connectivity index is 1.77. The number of rotatable bonds is 7. The summed E-state index contributed by atoms with van der Waals surface area (Å²) < 4.78 is 24.4. The molecule has 0 unspecified atom stereocenters. The number of para-hydroxylation sites is 1. The Hall–Kier alpha value is -1.66. The SMILES string of the molecule is CC[C@@H](Oc1ccccc1F)C(=O)NCC[NH+]1CCOCC1. The lowest BCUT2D eigenvalue weighted by Gasteiger charge is -2.24. The molecule has 0 radical (unpaired) electrons. The number of quaternary nitrogens is 1. The lowest BCUT2D eigenvalue weighted by atomic mass is 10.2. The molecule has 2 N–H and O–H groups in total. The third-order valence-electron chi connectivity index (χ3n) is 3.75. The molecular formula is C16H24FN2O3+. The highest BCUT2D eigenvalue weighted by molar-refractivity contribution is 5.81. The van der Waals surface area contributed by atoms with Crippen LogP contribution in [-0.2, 0) is 9.53 Å². The summed E-state index contributed by atoms with van der Waals surface area (Å²) in [5.74, 6) is -0.534. The van der Waals surface area contributed by atoms with E-state index in [4.69, 9.17) is 9.47 Å². The first-order valence-electron chi connectivity index (χ1n) is 7.81. The number of hydrogen-bond donors (Lipinski definition) is 2. The van der Waals surface area contributed by atoms with Crippen molar-refractivity contribution < 1.29 is 23.6 Å². The van der Waals surface area contributed by atoms with Gasteiger partial charge in [-0.3, -0.25) is 4.79 Å². The zero-order valence-corrected chi connectivity index (χ0v) is 12.9. The predicted octanol–water partition coefficient (Wildman–Crippen LogP) is 0.0144. The summed E-state index contributed by atoms with van der Waals surface area (Å²) in [5.41, 5.74) is 0. The minimum absolute atomic E-state index is 0.114. The lowest BCUT2D eigenvalue weighted by molar-refractivity contribution is -0.906. The number of morpholine rings is 1. The third-order valence-corrected chi connectivity index (χ3v) is 3.75. The summed E-state index contributed by atoms with van der Waals surface area (Å²) in [4.78, 5) is 13.6. The number of amides is 1. The van der Waals surface area contributed by atoms with Crippen molar-refractivity contribution in [2.75, 3.05) is 39.4 Å². The van der Waals surface area contributed by atoms with Gasteiger partial charge in [0.25, 0.3) is 5.91 Å². The topological polar surface area (TPSA) is 52.0 Å². The number of carbonyl (C=O) groups excluding carboxylic acids is 1. The zero-order valence-electron chi connectivity index (χ0n) is 12.9. The largest absolute Gasteiger partial charge is 0.478 e. The highest BCUT2D eigenvalue weighted by Gasteiger charge is 2.20. The van der Waals surface area contributed by atoms with Crippen molar-refractivity contribution >= 4 is 5.91 Å². The molecule has 1 fully saturated rings. The van der Waals surface area contributed by atoms with E-state index in [1.54, 1.807) is 12.1 Å². The summed E-state index contributed by atoms with van der Waals surface area (Å²) in [6.07, 6.45) is -0.179. The van der Waals surface area contributed by atoms with Crippen molar-refractivity contribution in [1.82, 2.24) is 5.32 Å². The van der Waals surface area contributed by atoms with E-state index in [9.17, 15) is 9.18 Å². The highest BCUT2D eigenvalue weighted by Crippen LogP contribution is 2.17. The first-order valence-corrected chi connectivity index (χ1v) is 7.81. The molecule has 0 saturated carbocycles. The fraction of sp³-hybridized carbons (Fsp3) is 0.562. The summed E-state index contributed by atoms with van der Waals surface area (Å²) in [7, 11) is 0. The molecule has 1 amide bonds. The van der Waals surface area contributed by atoms with E-state index in [0.717, 1.165) is 32.8 Å². The standard InChI is InChI=1S/C16H23FN2O3/c1-2-14(22-15-6-4-3-5-13(15)17)16(20)18-7-8-19-9-11-21-12-10-19/h3-6,14H,2,7-12H2,1H3,(H,18,20)/p+1/t14-/m1/s1. The fourth-order valence-electron chi connectivity index (χ4n) is 2.40. The van der Waals surface area contributed by atoms with Gasteiger partial charge in [0.05, 0.1) is 26.3 Å². The van der Waals surface area contributed by atoms with E-state index < -0.39 is 11.9 Å². The molecule has 5 nitrogen and oxygen atoms in total. The minimum Gasteiger partial charge on any atom is -0.478 e. The maximum absolute atomic E-state index is 13.6. The van der Waals surface area contributed by atoms with Gasteiger partial charge in [0.15, 0.2) is 17.7 Å². The normalized spacial score (nSPS) is 17.0. The molecule has 0 spiro atoms. The number of nitrogens with one attached hydrogen (secondary N) is 2. The monoisotopic (exact) mass is 311 g/mol. The molecule has 1 atom stereocenters. The predicted molar refractivity (Wildman–Crippen MR) is 80.5 cm³/mol. The Morgan fingerprint density at radius 3 is 2.82 bits per heavy atom. The Bertz CT molecular complexity index is 478. The third kappa shape index (κ3) is 4.96. The van der Waals surface area contributed by atoms with E-state index in [1.165, 1.54) is 17.0 Å². The molecule has 6 heteroatoms. The first-order chi connectivity index (χ1) is 10.7. The quantitative estimate of drug-likeness (QED) is 0.746. The van der Waals surface area contributed by atoms with Crippen LogP contribution in [0.4, 0.5) is 4.39 Å². The van der Waals surface area contributed by atoms with Crippen LogP contribution < -0.4 is 15.0 Å². The molecule has 1 aromatic rings. The molecule has 0 bridgehead atoms. The smallest absolute Gasteiger partial charge is 0.261 e. The fourth-order valence-corrected chi connectivity index (χ4v) is 2.40. The van der Waals surface area contributed by atoms with Crippen LogP contribution in [0.15, 0.2) is 24.3 Å². The van der Waals surface area contributed by atoms with Crippen LogP contribution in [0, 0.1) is 5.82 Å². The van der Waals surface area contributed by atoms with Gasteiger partial charge in [-0.05, 0) is 18.6 Å².